The average Bonchev–Trinajstić information content (AvgIpc) is 2.15. The van der Waals surface area contributed by atoms with Crippen molar-refractivity contribution in [2.45, 2.75) is 34.6 Å². The number of aryl methyl sites for hydroxylation is 3. The largest absolute Gasteiger partial charge is 0.327 e. The van der Waals surface area contributed by atoms with Crippen LogP contribution in [0.5, 0.6) is 0 Å². The van der Waals surface area contributed by atoms with E-state index in [2.05, 4.69) is 52.8 Å². The molecule has 1 aromatic rings. The van der Waals surface area contributed by atoms with Gasteiger partial charge in [-0.3, -0.25) is 0 Å². The second-order valence-corrected chi connectivity index (χ2v) is 4.89. The summed E-state index contributed by atoms with van der Waals surface area (Å²) in [6.07, 6.45) is 2.26. The molecule has 16 heavy (non-hydrogen) atoms. The van der Waals surface area contributed by atoms with Crippen molar-refractivity contribution in [3.8, 4) is 0 Å². The van der Waals surface area contributed by atoms with Gasteiger partial charge in [0.1, 0.15) is 0 Å². The van der Waals surface area contributed by atoms with Crippen molar-refractivity contribution in [1.82, 2.24) is 0 Å². The second kappa shape index (κ2) is 5.31. The molecule has 0 radical (unpaired) electrons. The zero-order chi connectivity index (χ0) is 12.3. The number of hydrogen-bond acceptors (Lipinski definition) is 1. The first-order valence-corrected chi connectivity index (χ1v) is 5.94. The quantitative estimate of drug-likeness (QED) is 0.822. The van der Waals surface area contributed by atoms with E-state index in [4.69, 9.17) is 5.73 Å². The lowest BCUT2D eigenvalue weighted by molar-refractivity contribution is 0.752. The monoisotopic (exact) mass is 217 g/mol. The Balaban J connectivity index is 3.23. The summed E-state index contributed by atoms with van der Waals surface area (Å²) in [6.45, 7) is 11.5. The van der Waals surface area contributed by atoms with Crippen LogP contribution in [0, 0.1) is 26.7 Å². The van der Waals surface area contributed by atoms with Gasteiger partial charge in [0.25, 0.3) is 0 Å². The molecule has 0 heterocycles. The topological polar surface area (TPSA) is 26.0 Å². The van der Waals surface area contributed by atoms with Gasteiger partial charge in [-0.1, -0.05) is 43.2 Å². The van der Waals surface area contributed by atoms with E-state index >= 15 is 0 Å². The van der Waals surface area contributed by atoms with Crippen LogP contribution in [0.2, 0.25) is 0 Å². The lowest BCUT2D eigenvalue weighted by Gasteiger charge is -2.12. The minimum absolute atomic E-state index is 0.519. The van der Waals surface area contributed by atoms with Gasteiger partial charge in [-0.15, -0.1) is 0 Å². The summed E-state index contributed by atoms with van der Waals surface area (Å²) < 4.78 is 0. The second-order valence-electron chi connectivity index (χ2n) is 4.89. The maximum Gasteiger partial charge on any atom is 0.0142 e. The third-order valence-electron chi connectivity index (χ3n) is 3.05. The highest BCUT2D eigenvalue weighted by molar-refractivity contribution is 5.61. The number of nitrogens with two attached hydrogens (primary N) is 1. The molecule has 1 nitrogen and oxygen atoms in total. The minimum Gasteiger partial charge on any atom is -0.327 e. The summed E-state index contributed by atoms with van der Waals surface area (Å²) in [6, 6.07) is 4.46. The van der Waals surface area contributed by atoms with E-state index < -0.39 is 0 Å². The molecule has 1 heteroatoms. The van der Waals surface area contributed by atoms with Gasteiger partial charge in [0.2, 0.25) is 0 Å². The molecule has 0 atom stereocenters. The molecule has 0 spiro atoms. The summed E-state index contributed by atoms with van der Waals surface area (Å²) in [4.78, 5) is 0. The summed E-state index contributed by atoms with van der Waals surface area (Å²) in [7, 11) is 0. The zero-order valence-corrected chi connectivity index (χ0v) is 11.1. The highest BCUT2D eigenvalue weighted by atomic mass is 14.5. The van der Waals surface area contributed by atoms with Crippen LogP contribution >= 0.6 is 0 Å². The lowest BCUT2D eigenvalue weighted by atomic mass is 9.94. The van der Waals surface area contributed by atoms with Gasteiger partial charge in [-0.25, -0.2) is 0 Å². The van der Waals surface area contributed by atoms with Gasteiger partial charge in [0, 0.05) is 6.54 Å². The molecule has 0 amide bonds. The highest BCUT2D eigenvalue weighted by Crippen LogP contribution is 2.21. The molecular formula is C15H23N. The maximum atomic E-state index is 5.78. The van der Waals surface area contributed by atoms with Gasteiger partial charge >= 0.3 is 0 Å². The lowest BCUT2D eigenvalue weighted by Crippen LogP contribution is -2.08. The maximum absolute atomic E-state index is 5.78. The van der Waals surface area contributed by atoms with Crippen molar-refractivity contribution in [2.24, 2.45) is 11.7 Å². The predicted molar refractivity (Wildman–Crippen MR) is 72.5 cm³/mol. The van der Waals surface area contributed by atoms with Crippen LogP contribution in [0.1, 0.15) is 36.1 Å². The van der Waals surface area contributed by atoms with E-state index in [1.807, 2.05) is 0 Å². The van der Waals surface area contributed by atoms with Crippen LogP contribution in [0.3, 0.4) is 0 Å². The Labute approximate surface area is 99.4 Å². The van der Waals surface area contributed by atoms with Crippen molar-refractivity contribution < 1.29 is 0 Å². The molecular weight excluding hydrogens is 194 g/mol. The molecule has 1 aromatic carbocycles. The molecule has 0 saturated heterocycles. The summed E-state index contributed by atoms with van der Waals surface area (Å²) >= 11 is 0. The molecule has 0 aromatic heterocycles. The van der Waals surface area contributed by atoms with Crippen LogP contribution in [0.4, 0.5) is 0 Å². The molecule has 0 aliphatic rings. The van der Waals surface area contributed by atoms with Crippen LogP contribution < -0.4 is 5.73 Å². The molecule has 0 unspecified atom stereocenters. The first-order valence-electron chi connectivity index (χ1n) is 5.94. The first-order chi connectivity index (χ1) is 7.45. The third kappa shape index (κ3) is 2.96. The fourth-order valence-corrected chi connectivity index (χ4v) is 2.07. The van der Waals surface area contributed by atoms with E-state index in [1.165, 1.54) is 27.8 Å². The van der Waals surface area contributed by atoms with Crippen molar-refractivity contribution in [2.75, 3.05) is 6.54 Å². The Morgan fingerprint density at radius 3 is 2.06 bits per heavy atom. The Morgan fingerprint density at radius 1 is 1.19 bits per heavy atom. The zero-order valence-electron chi connectivity index (χ0n) is 11.1. The highest BCUT2D eigenvalue weighted by Gasteiger charge is 2.05. The van der Waals surface area contributed by atoms with Crippen LogP contribution in [-0.4, -0.2) is 6.54 Å². The first kappa shape index (κ1) is 13.0. The molecule has 0 aliphatic heterocycles. The Hall–Kier alpha value is -1.08. The van der Waals surface area contributed by atoms with E-state index in [9.17, 15) is 0 Å². The van der Waals surface area contributed by atoms with E-state index in [-0.39, 0.29) is 0 Å². The third-order valence-corrected chi connectivity index (χ3v) is 3.05. The molecule has 0 saturated carbocycles. The normalized spacial score (nSPS) is 12.3. The van der Waals surface area contributed by atoms with Crippen molar-refractivity contribution in [1.29, 1.82) is 0 Å². The summed E-state index contributed by atoms with van der Waals surface area (Å²) in [5, 5.41) is 0. The van der Waals surface area contributed by atoms with Gasteiger partial charge in [0.15, 0.2) is 0 Å². The standard InChI is InChI=1S/C15H23N/c1-10(2)14(9-16)8-15-12(4)6-11(3)7-13(15)5/h6-8,10H,9,16H2,1-5H3. The number of rotatable bonds is 3. The molecule has 0 fully saturated rings. The van der Waals surface area contributed by atoms with E-state index in [1.54, 1.807) is 0 Å². The van der Waals surface area contributed by atoms with Crippen LogP contribution in [0.25, 0.3) is 6.08 Å². The fourth-order valence-electron chi connectivity index (χ4n) is 2.07. The fraction of sp³-hybridized carbons (Fsp3) is 0.467. The SMILES string of the molecule is Cc1cc(C)c(C=C(CN)C(C)C)c(C)c1. The van der Waals surface area contributed by atoms with Crippen LogP contribution in [0.15, 0.2) is 17.7 Å². The summed E-state index contributed by atoms with van der Waals surface area (Å²) in [5.41, 5.74) is 12.4. The van der Waals surface area contributed by atoms with Gasteiger partial charge < -0.3 is 5.73 Å². The molecule has 2 N–H and O–H groups in total. The molecule has 0 bridgehead atoms. The molecule has 0 aliphatic carbocycles. The molecule has 88 valence electrons. The molecule has 1 rings (SSSR count). The smallest absolute Gasteiger partial charge is 0.0142 e. The predicted octanol–water partition coefficient (Wildman–Crippen LogP) is 3.61. The Morgan fingerprint density at radius 2 is 1.69 bits per heavy atom. The minimum atomic E-state index is 0.519. The van der Waals surface area contributed by atoms with Gasteiger partial charge in [-0.05, 0) is 43.4 Å². The van der Waals surface area contributed by atoms with Crippen molar-refractivity contribution in [3.05, 3.63) is 40.0 Å². The Kier molecular flexibility index (Phi) is 4.31. The van der Waals surface area contributed by atoms with Gasteiger partial charge in [0.05, 0.1) is 0 Å². The van der Waals surface area contributed by atoms with Crippen molar-refractivity contribution >= 4 is 6.08 Å². The van der Waals surface area contributed by atoms with E-state index in [0.29, 0.717) is 12.5 Å². The van der Waals surface area contributed by atoms with E-state index in [0.717, 1.165) is 0 Å². The van der Waals surface area contributed by atoms with Crippen molar-refractivity contribution in [3.63, 3.8) is 0 Å². The van der Waals surface area contributed by atoms with Gasteiger partial charge in [-0.2, -0.15) is 0 Å². The average molecular weight is 217 g/mol. The summed E-state index contributed by atoms with van der Waals surface area (Å²) in [5.74, 6) is 0.519. The van der Waals surface area contributed by atoms with Crippen LogP contribution in [-0.2, 0) is 0 Å². The Bertz CT molecular complexity index is 377. The number of hydrogen-bond donors (Lipinski definition) is 1. The number of benzene rings is 1.